The molecule has 0 unspecified atom stereocenters. The van der Waals surface area contributed by atoms with Gasteiger partial charge >= 0.3 is 0 Å². The summed E-state index contributed by atoms with van der Waals surface area (Å²) in [5, 5.41) is 5.34. The third kappa shape index (κ3) is 1.14. The highest BCUT2D eigenvalue weighted by Crippen LogP contribution is 2.18. The molecule has 0 aliphatic heterocycles. The first-order valence-electron chi connectivity index (χ1n) is 4.29. The fraction of sp³-hybridized carbons (Fsp3) is 0.333. The fourth-order valence-corrected chi connectivity index (χ4v) is 1.56. The molecular formula is C9H12N4. The van der Waals surface area contributed by atoms with E-state index in [-0.39, 0.29) is 0 Å². The predicted octanol–water partition coefficient (Wildman–Crippen LogP) is 1.11. The van der Waals surface area contributed by atoms with Gasteiger partial charge in [0.2, 0.25) is 0 Å². The van der Waals surface area contributed by atoms with Crippen molar-refractivity contribution in [1.82, 2.24) is 14.8 Å². The minimum absolute atomic E-state index is 0.690. The van der Waals surface area contributed by atoms with Crippen LogP contribution < -0.4 is 5.73 Å². The molecule has 4 heteroatoms. The minimum atomic E-state index is 0.690. The molecule has 2 N–H and O–H groups in total. The van der Waals surface area contributed by atoms with E-state index in [1.807, 2.05) is 17.8 Å². The van der Waals surface area contributed by atoms with Crippen LogP contribution in [0.3, 0.4) is 0 Å². The number of nitrogens with zero attached hydrogens (tertiary/aromatic N) is 3. The van der Waals surface area contributed by atoms with E-state index >= 15 is 0 Å². The zero-order valence-corrected chi connectivity index (χ0v) is 7.78. The Balaban J connectivity index is 2.80. The van der Waals surface area contributed by atoms with Gasteiger partial charge in [-0.25, -0.2) is 4.98 Å². The van der Waals surface area contributed by atoms with E-state index in [1.54, 1.807) is 6.20 Å². The topological polar surface area (TPSA) is 56.7 Å². The number of anilines is 1. The van der Waals surface area contributed by atoms with Gasteiger partial charge in [0.1, 0.15) is 0 Å². The van der Waals surface area contributed by atoms with Crippen molar-refractivity contribution in [3.05, 3.63) is 18.0 Å². The van der Waals surface area contributed by atoms with E-state index in [9.17, 15) is 0 Å². The van der Waals surface area contributed by atoms with Crippen LogP contribution in [0.2, 0.25) is 0 Å². The molecule has 4 nitrogen and oxygen atoms in total. The van der Waals surface area contributed by atoms with Crippen LogP contribution in [0.15, 0.2) is 12.3 Å². The molecule has 13 heavy (non-hydrogen) atoms. The Morgan fingerprint density at radius 2 is 2.31 bits per heavy atom. The fourth-order valence-electron chi connectivity index (χ4n) is 1.56. The van der Waals surface area contributed by atoms with Gasteiger partial charge in [0, 0.05) is 18.1 Å². The maximum Gasteiger partial charge on any atom is 0.181 e. The number of hydrogen-bond acceptors (Lipinski definition) is 3. The average molecular weight is 176 g/mol. The van der Waals surface area contributed by atoms with Gasteiger partial charge in [-0.15, -0.1) is 0 Å². The van der Waals surface area contributed by atoms with Crippen molar-refractivity contribution in [2.24, 2.45) is 7.05 Å². The van der Waals surface area contributed by atoms with Crippen LogP contribution in [0.5, 0.6) is 0 Å². The summed E-state index contributed by atoms with van der Waals surface area (Å²) in [5.41, 5.74) is 8.29. The van der Waals surface area contributed by atoms with Crippen molar-refractivity contribution in [3.8, 4) is 0 Å². The molecule has 0 saturated heterocycles. The zero-order valence-electron chi connectivity index (χ0n) is 7.78. The van der Waals surface area contributed by atoms with Crippen LogP contribution in [-0.4, -0.2) is 14.8 Å². The van der Waals surface area contributed by atoms with Crippen LogP contribution in [0.4, 0.5) is 5.69 Å². The van der Waals surface area contributed by atoms with E-state index < -0.39 is 0 Å². The molecule has 2 aromatic heterocycles. The lowest BCUT2D eigenvalue weighted by molar-refractivity contribution is 0.725. The highest BCUT2D eigenvalue weighted by Gasteiger charge is 2.07. The second-order valence-corrected chi connectivity index (χ2v) is 3.06. The summed E-state index contributed by atoms with van der Waals surface area (Å²) in [6, 6.07) is 1.92. The standard InChI is InChI=1S/C9H12N4/c1-3-8-7-4-6(10)5-11-9(7)12-13(8)2/h4-5H,3,10H2,1-2H3. The quantitative estimate of drug-likeness (QED) is 0.708. The van der Waals surface area contributed by atoms with Crippen molar-refractivity contribution in [3.63, 3.8) is 0 Å². The maximum absolute atomic E-state index is 5.66. The molecule has 2 aromatic rings. The lowest BCUT2D eigenvalue weighted by Gasteiger charge is -1.96. The van der Waals surface area contributed by atoms with Gasteiger partial charge in [0.05, 0.1) is 11.9 Å². The Morgan fingerprint density at radius 3 is 3.00 bits per heavy atom. The first-order valence-corrected chi connectivity index (χ1v) is 4.29. The molecule has 0 saturated carbocycles. The number of aryl methyl sites for hydroxylation is 2. The zero-order chi connectivity index (χ0) is 9.42. The molecule has 0 aromatic carbocycles. The summed E-state index contributed by atoms with van der Waals surface area (Å²) in [6.45, 7) is 2.10. The number of nitrogens with two attached hydrogens (primary N) is 1. The van der Waals surface area contributed by atoms with Gasteiger partial charge in [0.15, 0.2) is 5.65 Å². The van der Waals surface area contributed by atoms with Gasteiger partial charge in [-0.3, -0.25) is 4.68 Å². The second-order valence-electron chi connectivity index (χ2n) is 3.06. The molecule has 2 rings (SSSR count). The Hall–Kier alpha value is -1.58. The molecule has 68 valence electrons. The van der Waals surface area contributed by atoms with Crippen LogP contribution in [0, 0.1) is 0 Å². The van der Waals surface area contributed by atoms with Crippen LogP contribution >= 0.6 is 0 Å². The van der Waals surface area contributed by atoms with E-state index in [2.05, 4.69) is 17.0 Å². The Bertz CT molecular complexity index is 444. The summed E-state index contributed by atoms with van der Waals surface area (Å²) >= 11 is 0. The summed E-state index contributed by atoms with van der Waals surface area (Å²) in [7, 11) is 1.93. The summed E-state index contributed by atoms with van der Waals surface area (Å²) in [5.74, 6) is 0. The van der Waals surface area contributed by atoms with E-state index in [4.69, 9.17) is 5.73 Å². The third-order valence-electron chi connectivity index (χ3n) is 2.17. The lowest BCUT2D eigenvalue weighted by atomic mass is 10.2. The monoisotopic (exact) mass is 176 g/mol. The average Bonchev–Trinajstić information content (AvgIpc) is 2.40. The highest BCUT2D eigenvalue weighted by atomic mass is 15.3. The molecule has 0 bridgehead atoms. The van der Waals surface area contributed by atoms with Crippen LogP contribution in [0.25, 0.3) is 11.0 Å². The van der Waals surface area contributed by atoms with Crippen molar-refractivity contribution in [1.29, 1.82) is 0 Å². The largest absolute Gasteiger partial charge is 0.397 e. The van der Waals surface area contributed by atoms with Gasteiger partial charge in [-0.2, -0.15) is 5.10 Å². The maximum atomic E-state index is 5.66. The van der Waals surface area contributed by atoms with Crippen molar-refractivity contribution in [2.45, 2.75) is 13.3 Å². The second kappa shape index (κ2) is 2.73. The number of fused-ring (bicyclic) bond motifs is 1. The van der Waals surface area contributed by atoms with Gasteiger partial charge in [-0.1, -0.05) is 6.92 Å². The highest BCUT2D eigenvalue weighted by molar-refractivity contribution is 5.80. The lowest BCUT2D eigenvalue weighted by Crippen LogP contribution is -1.95. The molecular weight excluding hydrogens is 164 g/mol. The van der Waals surface area contributed by atoms with E-state index in [0.29, 0.717) is 5.69 Å². The first-order chi connectivity index (χ1) is 6.22. The van der Waals surface area contributed by atoms with Crippen molar-refractivity contribution in [2.75, 3.05) is 5.73 Å². The Kier molecular flexibility index (Phi) is 1.69. The molecule has 0 spiro atoms. The molecule has 0 aliphatic carbocycles. The normalized spacial score (nSPS) is 10.9. The van der Waals surface area contributed by atoms with E-state index in [1.165, 1.54) is 5.69 Å². The molecule has 2 heterocycles. The summed E-state index contributed by atoms with van der Waals surface area (Å²) in [6.07, 6.45) is 2.58. The predicted molar refractivity (Wildman–Crippen MR) is 52.3 cm³/mol. The van der Waals surface area contributed by atoms with Crippen LogP contribution in [0.1, 0.15) is 12.6 Å². The summed E-state index contributed by atoms with van der Waals surface area (Å²) < 4.78 is 1.86. The Morgan fingerprint density at radius 1 is 1.54 bits per heavy atom. The van der Waals surface area contributed by atoms with E-state index in [0.717, 1.165) is 17.5 Å². The molecule has 0 radical (unpaired) electrons. The van der Waals surface area contributed by atoms with Crippen molar-refractivity contribution >= 4 is 16.7 Å². The smallest absolute Gasteiger partial charge is 0.181 e. The Labute approximate surface area is 76.4 Å². The summed E-state index contributed by atoms with van der Waals surface area (Å²) in [4.78, 5) is 4.15. The molecule has 0 fully saturated rings. The molecule has 0 aliphatic rings. The number of nitrogen functional groups attached to an aromatic ring is 1. The number of aromatic nitrogens is 3. The minimum Gasteiger partial charge on any atom is -0.397 e. The van der Waals surface area contributed by atoms with Crippen LogP contribution in [-0.2, 0) is 13.5 Å². The number of rotatable bonds is 1. The van der Waals surface area contributed by atoms with Crippen molar-refractivity contribution < 1.29 is 0 Å². The molecule has 0 amide bonds. The SMILES string of the molecule is CCc1c2cc(N)cnc2nn1C. The van der Waals surface area contributed by atoms with Gasteiger partial charge in [0.25, 0.3) is 0 Å². The van der Waals surface area contributed by atoms with Gasteiger partial charge < -0.3 is 5.73 Å². The first kappa shape index (κ1) is 8.04. The third-order valence-corrected chi connectivity index (χ3v) is 2.17. The number of hydrogen-bond donors (Lipinski definition) is 1. The molecule has 0 atom stereocenters. The number of pyridine rings is 1. The van der Waals surface area contributed by atoms with Gasteiger partial charge in [-0.05, 0) is 12.5 Å².